The summed E-state index contributed by atoms with van der Waals surface area (Å²) in [7, 11) is 0. The van der Waals surface area contributed by atoms with E-state index < -0.39 is 0 Å². The van der Waals surface area contributed by atoms with Crippen LogP contribution in [0.1, 0.15) is 11.3 Å². The monoisotopic (exact) mass is 140 g/mol. The number of hydrogen-bond donors (Lipinski definition) is 1. The lowest BCUT2D eigenvalue weighted by Crippen LogP contribution is -1.93. The Kier molecular flexibility index (Phi) is 1.37. The van der Waals surface area contributed by atoms with Crippen LogP contribution < -0.4 is 4.74 Å². The summed E-state index contributed by atoms with van der Waals surface area (Å²) in [5.74, 6) is 0. The number of H-pyrrole nitrogens is 1. The molecule has 0 radical (unpaired) electrons. The normalized spacial score (nSPS) is 8.89. The van der Waals surface area contributed by atoms with Crippen molar-refractivity contribution in [1.82, 2.24) is 4.37 Å². The Hall–Kier alpha value is -1.08. The molecule has 4 heteroatoms. The van der Waals surface area contributed by atoms with E-state index in [9.17, 15) is 4.79 Å². The molecule has 0 unspecified atom stereocenters. The predicted octanol–water partition coefficient (Wildman–Crippen LogP) is 0.617. The Morgan fingerprint density at radius 3 is 2.67 bits per heavy atom. The molecule has 0 amide bonds. The van der Waals surface area contributed by atoms with Crippen molar-refractivity contribution in [1.29, 1.82) is 5.26 Å². The van der Waals surface area contributed by atoms with E-state index in [4.69, 9.17) is 5.26 Å². The Labute approximate surface area is 55.7 Å². The second kappa shape index (κ2) is 2.03. The number of nitriles is 1. The molecule has 1 rings (SSSR count). The van der Waals surface area contributed by atoms with Crippen LogP contribution in [0.3, 0.4) is 0 Å². The molecule has 46 valence electrons. The van der Waals surface area contributed by atoms with Crippen LogP contribution in [0.15, 0.2) is 4.79 Å². The molecule has 1 aromatic heterocycles. The zero-order valence-corrected chi connectivity index (χ0v) is 5.58. The largest absolute Gasteiger partial charge is 0.311 e. The summed E-state index contributed by atoms with van der Waals surface area (Å²) in [6, 6.07) is 1.81. The Balaban J connectivity index is 3.46. The summed E-state index contributed by atoms with van der Waals surface area (Å²) in [6.45, 7) is 1.70. The van der Waals surface area contributed by atoms with E-state index in [0.29, 0.717) is 5.69 Å². The first-order chi connectivity index (χ1) is 4.25. The molecule has 0 fully saturated rings. The maximum absolute atomic E-state index is 10.6. The Morgan fingerprint density at radius 1 is 1.78 bits per heavy atom. The summed E-state index contributed by atoms with van der Waals surface area (Å²) in [6.07, 6.45) is 0. The molecule has 0 aliphatic rings. The van der Waals surface area contributed by atoms with E-state index in [-0.39, 0.29) is 10.3 Å². The van der Waals surface area contributed by atoms with Gasteiger partial charge >= 0.3 is 0 Å². The lowest BCUT2D eigenvalue weighted by molar-refractivity contribution is 1.31. The summed E-state index contributed by atoms with van der Waals surface area (Å²) in [5.41, 5.74) is 0.896. The zero-order chi connectivity index (χ0) is 6.85. The molecule has 0 saturated heterocycles. The maximum Gasteiger partial charge on any atom is 0.267 e. The molecule has 1 N–H and O–H groups in total. The molecule has 0 bridgehead atoms. The number of aryl methyl sites for hydroxylation is 1. The van der Waals surface area contributed by atoms with Gasteiger partial charge in [0.15, 0.2) is 0 Å². The fourth-order valence-electron chi connectivity index (χ4n) is 0.508. The summed E-state index contributed by atoms with van der Waals surface area (Å²) >= 11 is 0.953. The fourth-order valence-corrected chi connectivity index (χ4v) is 1.16. The van der Waals surface area contributed by atoms with Gasteiger partial charge in [-0.3, -0.25) is 4.79 Å². The van der Waals surface area contributed by atoms with E-state index in [2.05, 4.69) is 4.37 Å². The van der Waals surface area contributed by atoms with Crippen LogP contribution in [-0.4, -0.2) is 4.37 Å². The molecule has 3 nitrogen and oxygen atoms in total. The van der Waals surface area contributed by atoms with E-state index in [1.165, 1.54) is 0 Å². The molecule has 0 saturated carbocycles. The van der Waals surface area contributed by atoms with Gasteiger partial charge in [-0.05, 0) is 18.5 Å². The van der Waals surface area contributed by atoms with E-state index in [1.54, 1.807) is 6.92 Å². The molecule has 0 aliphatic carbocycles. The second-order valence-electron chi connectivity index (χ2n) is 1.60. The van der Waals surface area contributed by atoms with Crippen molar-refractivity contribution in [2.24, 2.45) is 0 Å². The average molecular weight is 140 g/mol. The Bertz CT molecular complexity index is 303. The standard InChI is InChI=1S/C5H4N2OS/c1-3-4(2-6)5(8)9-7-3/h7H,1H3. The van der Waals surface area contributed by atoms with E-state index >= 15 is 0 Å². The third kappa shape index (κ3) is 0.864. The zero-order valence-electron chi connectivity index (χ0n) is 4.76. The van der Waals surface area contributed by atoms with Gasteiger partial charge in [0, 0.05) is 5.69 Å². The number of aromatic amines is 1. The number of rotatable bonds is 0. The van der Waals surface area contributed by atoms with E-state index in [0.717, 1.165) is 11.5 Å². The molecule has 9 heavy (non-hydrogen) atoms. The Morgan fingerprint density at radius 2 is 2.44 bits per heavy atom. The van der Waals surface area contributed by atoms with Crippen LogP contribution in [0.25, 0.3) is 0 Å². The molecular formula is C5H4N2OS. The first kappa shape index (κ1) is 6.05. The van der Waals surface area contributed by atoms with E-state index in [1.807, 2.05) is 6.07 Å². The van der Waals surface area contributed by atoms with Crippen molar-refractivity contribution in [3.63, 3.8) is 0 Å². The third-order valence-electron chi connectivity index (χ3n) is 0.988. The van der Waals surface area contributed by atoms with Crippen LogP contribution in [0.4, 0.5) is 0 Å². The molecule has 1 aromatic rings. The first-order valence-electron chi connectivity index (χ1n) is 2.34. The van der Waals surface area contributed by atoms with Gasteiger partial charge in [0.25, 0.3) is 4.74 Å². The highest BCUT2D eigenvalue weighted by Gasteiger charge is 2.02. The van der Waals surface area contributed by atoms with Crippen molar-refractivity contribution >= 4 is 11.5 Å². The molecule has 1 heterocycles. The van der Waals surface area contributed by atoms with Crippen molar-refractivity contribution in [3.8, 4) is 6.07 Å². The minimum atomic E-state index is -0.185. The average Bonchev–Trinajstić information content (AvgIpc) is 2.12. The van der Waals surface area contributed by atoms with Crippen LogP contribution in [0.2, 0.25) is 0 Å². The minimum absolute atomic E-state index is 0.185. The molecule has 0 atom stereocenters. The van der Waals surface area contributed by atoms with Gasteiger partial charge in [0.05, 0.1) is 0 Å². The van der Waals surface area contributed by atoms with Crippen molar-refractivity contribution < 1.29 is 0 Å². The highest BCUT2D eigenvalue weighted by Crippen LogP contribution is 1.97. The SMILES string of the molecule is Cc1[nH]sc(=O)c1C#N. The van der Waals surface area contributed by atoms with Crippen molar-refractivity contribution in [2.45, 2.75) is 6.92 Å². The van der Waals surface area contributed by atoms with Gasteiger partial charge in [-0.2, -0.15) is 5.26 Å². The maximum atomic E-state index is 10.6. The lowest BCUT2D eigenvalue weighted by atomic mass is 10.3. The van der Waals surface area contributed by atoms with Gasteiger partial charge < -0.3 is 4.37 Å². The van der Waals surface area contributed by atoms with Crippen LogP contribution in [0, 0.1) is 18.3 Å². The molecule has 0 spiro atoms. The molecule has 0 aromatic carbocycles. The van der Waals surface area contributed by atoms with Crippen molar-refractivity contribution in [3.05, 3.63) is 20.8 Å². The van der Waals surface area contributed by atoms with Gasteiger partial charge in [0.1, 0.15) is 11.6 Å². The van der Waals surface area contributed by atoms with Crippen LogP contribution in [-0.2, 0) is 0 Å². The number of nitrogens with one attached hydrogen (secondary N) is 1. The fraction of sp³-hybridized carbons (Fsp3) is 0.200. The minimum Gasteiger partial charge on any atom is -0.311 e. The highest BCUT2D eigenvalue weighted by atomic mass is 32.1. The van der Waals surface area contributed by atoms with Crippen LogP contribution >= 0.6 is 11.5 Å². The van der Waals surface area contributed by atoms with Gasteiger partial charge in [-0.1, -0.05) is 0 Å². The third-order valence-corrected chi connectivity index (χ3v) is 1.79. The lowest BCUT2D eigenvalue weighted by Gasteiger charge is -1.76. The number of nitrogens with zero attached hydrogens (tertiary/aromatic N) is 1. The van der Waals surface area contributed by atoms with Crippen molar-refractivity contribution in [2.75, 3.05) is 0 Å². The van der Waals surface area contributed by atoms with Gasteiger partial charge in [-0.15, -0.1) is 0 Å². The molecular weight excluding hydrogens is 136 g/mol. The van der Waals surface area contributed by atoms with Crippen LogP contribution in [0.5, 0.6) is 0 Å². The summed E-state index contributed by atoms with van der Waals surface area (Å²) in [4.78, 5) is 10.6. The predicted molar refractivity (Wildman–Crippen MR) is 34.4 cm³/mol. The summed E-state index contributed by atoms with van der Waals surface area (Å²) < 4.78 is 2.51. The number of hydrogen-bond acceptors (Lipinski definition) is 3. The smallest absolute Gasteiger partial charge is 0.267 e. The molecule has 0 aliphatic heterocycles. The second-order valence-corrected chi connectivity index (χ2v) is 2.38. The van der Waals surface area contributed by atoms with Gasteiger partial charge in [0.2, 0.25) is 0 Å². The topological polar surface area (TPSA) is 56.6 Å². The van der Waals surface area contributed by atoms with Gasteiger partial charge in [-0.25, -0.2) is 0 Å². The highest BCUT2D eigenvalue weighted by molar-refractivity contribution is 7.03. The first-order valence-corrected chi connectivity index (χ1v) is 3.15. The quantitative estimate of drug-likeness (QED) is 0.574. The number of aromatic nitrogens is 1. The summed E-state index contributed by atoms with van der Waals surface area (Å²) in [5, 5.41) is 8.32.